The van der Waals surface area contributed by atoms with Crippen LogP contribution in [-0.4, -0.2) is 19.9 Å². The molecule has 0 spiro atoms. The summed E-state index contributed by atoms with van der Waals surface area (Å²) in [5, 5.41) is 0. The molecule has 2 aliphatic rings. The van der Waals surface area contributed by atoms with Crippen LogP contribution in [0.5, 0.6) is 0 Å². The third-order valence-electron chi connectivity index (χ3n) is 5.74. The van der Waals surface area contributed by atoms with Gasteiger partial charge in [-0.25, -0.2) is 14.5 Å². The Bertz CT molecular complexity index is 1550. The lowest BCUT2D eigenvalue weighted by molar-refractivity contribution is -0.693. The van der Waals surface area contributed by atoms with Crippen LogP contribution in [0.4, 0.5) is 0 Å². The first-order valence-electron chi connectivity index (χ1n) is 10.8. The second-order valence-electron chi connectivity index (χ2n) is 8.01. The van der Waals surface area contributed by atoms with Crippen LogP contribution in [0.1, 0.15) is 29.7 Å². The van der Waals surface area contributed by atoms with E-state index < -0.39 is 0 Å². The number of aromatic amines is 2. The number of aromatic nitrogens is 5. The Morgan fingerprint density at radius 3 is 1.97 bits per heavy atom. The van der Waals surface area contributed by atoms with Crippen molar-refractivity contribution in [3.8, 4) is 11.1 Å². The molecule has 8 bridgehead atoms. The van der Waals surface area contributed by atoms with Crippen LogP contribution < -0.4 is 4.57 Å². The summed E-state index contributed by atoms with van der Waals surface area (Å²) >= 11 is 0. The molecule has 0 saturated carbocycles. The fourth-order valence-electron chi connectivity index (χ4n) is 4.10. The van der Waals surface area contributed by atoms with Gasteiger partial charge in [-0.3, -0.25) is 0 Å². The molecule has 154 valence electrons. The molecular formula is C27H22N5+. The number of hydrogen-bond acceptors (Lipinski definition) is 2. The number of hydrogen-bond donors (Lipinski definition) is 2. The van der Waals surface area contributed by atoms with E-state index in [1.54, 1.807) is 0 Å². The highest BCUT2D eigenvalue weighted by atomic mass is 14.9. The molecule has 0 saturated heterocycles. The van der Waals surface area contributed by atoms with E-state index in [9.17, 15) is 0 Å². The number of aryl methyl sites for hydroxylation is 1. The van der Waals surface area contributed by atoms with Gasteiger partial charge in [0.25, 0.3) is 0 Å². The van der Waals surface area contributed by atoms with Gasteiger partial charge < -0.3 is 9.97 Å². The third-order valence-corrected chi connectivity index (χ3v) is 5.74. The van der Waals surface area contributed by atoms with Gasteiger partial charge in [0, 0.05) is 39.8 Å². The maximum absolute atomic E-state index is 4.78. The van der Waals surface area contributed by atoms with Crippen molar-refractivity contribution in [1.29, 1.82) is 0 Å². The average molecular weight is 417 g/mol. The minimum Gasteiger partial charge on any atom is -0.355 e. The van der Waals surface area contributed by atoms with Crippen molar-refractivity contribution >= 4 is 46.4 Å². The van der Waals surface area contributed by atoms with Crippen LogP contribution in [0.25, 0.3) is 57.5 Å². The molecule has 5 nitrogen and oxygen atoms in total. The zero-order valence-corrected chi connectivity index (χ0v) is 17.7. The number of rotatable bonds is 2. The van der Waals surface area contributed by atoms with E-state index in [0.29, 0.717) is 0 Å². The summed E-state index contributed by atoms with van der Waals surface area (Å²) in [6, 6.07) is 19.0. The standard InChI is InChI=1S/C27H21N5/c1-2-32-11-9-18(10-12-32)26-16-25-15-23-6-5-21(29-23)13-19-3-4-20(28-19)14-22-7-8-24(30-22)17-27(26)31-25/h3-17H,2H2,1H3,(H,28,29,30,31)/p+1. The van der Waals surface area contributed by atoms with Gasteiger partial charge in [0.1, 0.15) is 6.54 Å². The van der Waals surface area contributed by atoms with E-state index in [1.165, 1.54) is 5.56 Å². The minimum atomic E-state index is 0.902. The van der Waals surface area contributed by atoms with Gasteiger partial charge in [0.05, 0.1) is 22.8 Å². The number of nitrogens with one attached hydrogen (secondary N) is 2. The van der Waals surface area contributed by atoms with Crippen LogP contribution in [0.2, 0.25) is 0 Å². The molecule has 5 heteroatoms. The van der Waals surface area contributed by atoms with Gasteiger partial charge in [-0.2, -0.15) is 0 Å². The molecule has 6 rings (SSSR count). The van der Waals surface area contributed by atoms with E-state index in [4.69, 9.17) is 4.98 Å². The Morgan fingerprint density at radius 2 is 1.28 bits per heavy atom. The maximum atomic E-state index is 4.78. The maximum Gasteiger partial charge on any atom is 0.169 e. The molecule has 0 fully saturated rings. The van der Waals surface area contributed by atoms with E-state index in [-0.39, 0.29) is 0 Å². The zero-order chi connectivity index (χ0) is 21.5. The lowest BCUT2D eigenvalue weighted by atomic mass is 10.1. The summed E-state index contributed by atoms with van der Waals surface area (Å²) < 4.78 is 2.16. The third kappa shape index (κ3) is 3.54. The van der Waals surface area contributed by atoms with Gasteiger partial charge in [-0.15, -0.1) is 0 Å². The largest absolute Gasteiger partial charge is 0.355 e. The highest BCUT2D eigenvalue weighted by Crippen LogP contribution is 2.27. The van der Waals surface area contributed by atoms with Crippen molar-refractivity contribution in [3.05, 3.63) is 89.8 Å². The summed E-state index contributed by atoms with van der Waals surface area (Å²) in [6.45, 7) is 3.09. The quantitative estimate of drug-likeness (QED) is 0.359. The molecule has 32 heavy (non-hydrogen) atoms. The molecule has 0 aliphatic carbocycles. The molecule has 0 atom stereocenters. The summed E-state index contributed by atoms with van der Waals surface area (Å²) in [7, 11) is 0. The molecule has 6 heterocycles. The fourth-order valence-corrected chi connectivity index (χ4v) is 4.10. The monoisotopic (exact) mass is 416 g/mol. The van der Waals surface area contributed by atoms with Crippen LogP contribution in [0, 0.1) is 0 Å². The van der Waals surface area contributed by atoms with Crippen LogP contribution in [0.3, 0.4) is 0 Å². The molecule has 0 amide bonds. The van der Waals surface area contributed by atoms with Crippen LogP contribution >= 0.6 is 0 Å². The minimum absolute atomic E-state index is 0.902. The molecular weight excluding hydrogens is 394 g/mol. The normalized spacial score (nSPS) is 12.4. The summed E-state index contributed by atoms with van der Waals surface area (Å²) in [5.74, 6) is 0. The Labute approximate surface area is 185 Å². The van der Waals surface area contributed by atoms with Crippen molar-refractivity contribution in [2.24, 2.45) is 0 Å². The lowest BCUT2D eigenvalue weighted by Crippen LogP contribution is -2.30. The first kappa shape index (κ1) is 18.5. The lowest BCUT2D eigenvalue weighted by Gasteiger charge is -1.98. The first-order chi connectivity index (χ1) is 15.7. The molecule has 4 aromatic rings. The molecule has 0 aromatic carbocycles. The average Bonchev–Trinajstić information content (AvgIpc) is 3.59. The van der Waals surface area contributed by atoms with Gasteiger partial charge in [0.2, 0.25) is 0 Å². The Kier molecular flexibility index (Phi) is 4.32. The van der Waals surface area contributed by atoms with E-state index >= 15 is 0 Å². The van der Waals surface area contributed by atoms with Crippen molar-refractivity contribution in [2.75, 3.05) is 0 Å². The number of H-pyrrole nitrogens is 2. The van der Waals surface area contributed by atoms with E-state index in [1.807, 2.05) is 30.4 Å². The van der Waals surface area contributed by atoms with Crippen molar-refractivity contribution in [2.45, 2.75) is 13.5 Å². The topological polar surface area (TPSA) is 61.2 Å². The number of fused-ring (bicyclic) bond motifs is 8. The second kappa shape index (κ2) is 7.46. The summed E-state index contributed by atoms with van der Waals surface area (Å²) in [4.78, 5) is 16.5. The van der Waals surface area contributed by atoms with Gasteiger partial charge in [-0.1, -0.05) is 0 Å². The van der Waals surface area contributed by atoms with Crippen molar-refractivity contribution < 1.29 is 4.57 Å². The van der Waals surface area contributed by atoms with Crippen LogP contribution in [-0.2, 0) is 6.54 Å². The second-order valence-corrected chi connectivity index (χ2v) is 8.01. The SMILES string of the molecule is CC[n+]1ccc(-c2cc3cc4ccc(cc5nc(cc6nc(cc2[nH]3)C=C6)C=C5)[nH]4)cc1. The molecule has 4 aromatic heterocycles. The zero-order valence-electron chi connectivity index (χ0n) is 17.7. The summed E-state index contributed by atoms with van der Waals surface area (Å²) in [5.41, 5.74) is 10.1. The van der Waals surface area contributed by atoms with E-state index in [2.05, 4.69) is 87.4 Å². The van der Waals surface area contributed by atoms with Gasteiger partial charge in [-0.05, 0) is 79.3 Å². The summed E-state index contributed by atoms with van der Waals surface area (Å²) in [6.07, 6.45) is 12.3. The highest BCUT2D eigenvalue weighted by Gasteiger charge is 2.08. The van der Waals surface area contributed by atoms with Crippen molar-refractivity contribution in [1.82, 2.24) is 19.9 Å². The Hall–Kier alpha value is -4.25. The molecule has 2 N–H and O–H groups in total. The highest BCUT2D eigenvalue weighted by molar-refractivity contribution is 5.87. The molecule has 2 aliphatic heterocycles. The number of pyridine rings is 1. The first-order valence-corrected chi connectivity index (χ1v) is 10.8. The van der Waals surface area contributed by atoms with E-state index in [0.717, 1.165) is 57.0 Å². The fraction of sp³-hybridized carbons (Fsp3) is 0.0741. The Balaban J connectivity index is 1.64. The Morgan fingerprint density at radius 1 is 0.656 bits per heavy atom. The van der Waals surface area contributed by atoms with Crippen molar-refractivity contribution in [3.63, 3.8) is 0 Å². The molecule has 0 radical (unpaired) electrons. The predicted octanol–water partition coefficient (Wildman–Crippen LogP) is 5.63. The van der Waals surface area contributed by atoms with Gasteiger partial charge in [0.15, 0.2) is 12.4 Å². The van der Waals surface area contributed by atoms with Crippen LogP contribution in [0.15, 0.2) is 67.0 Å². The number of nitrogens with zero attached hydrogens (tertiary/aromatic N) is 3. The van der Waals surface area contributed by atoms with Gasteiger partial charge >= 0.3 is 0 Å². The smallest absolute Gasteiger partial charge is 0.169 e. The molecule has 0 unspecified atom stereocenters. The predicted molar refractivity (Wildman–Crippen MR) is 130 cm³/mol.